The smallest absolute Gasteiger partial charge is 0.277 e. The van der Waals surface area contributed by atoms with Gasteiger partial charge in [-0.05, 0) is 48.4 Å². The van der Waals surface area contributed by atoms with E-state index in [9.17, 15) is 9.90 Å². The minimum Gasteiger partial charge on any atom is -0.508 e. The first-order valence-electron chi connectivity index (χ1n) is 7.54. The summed E-state index contributed by atoms with van der Waals surface area (Å²) in [4.78, 5) is 11.9. The molecular formula is C18H20N2O4. The lowest BCUT2D eigenvalue weighted by atomic mass is 10.1. The number of amides is 1. The van der Waals surface area contributed by atoms with Gasteiger partial charge in [0.1, 0.15) is 5.75 Å². The number of phenolic OH excluding ortho intramolecular Hbond substituents is 1. The molecule has 0 aliphatic rings. The van der Waals surface area contributed by atoms with Crippen molar-refractivity contribution in [3.8, 4) is 17.2 Å². The van der Waals surface area contributed by atoms with Crippen molar-refractivity contribution in [2.75, 3.05) is 13.7 Å². The summed E-state index contributed by atoms with van der Waals surface area (Å²) in [5.74, 6) is 0.870. The molecule has 2 N–H and O–H groups in total. The first kappa shape index (κ1) is 17.3. The minimum atomic E-state index is -0.370. The summed E-state index contributed by atoms with van der Waals surface area (Å²) in [5.41, 5.74) is 4.02. The molecule has 2 rings (SSSR count). The number of hydrogen-bond donors (Lipinski definition) is 2. The number of carbonyl (C=O) groups excluding carboxylic acids is 1. The van der Waals surface area contributed by atoms with Gasteiger partial charge >= 0.3 is 0 Å². The molecule has 0 aliphatic carbocycles. The highest BCUT2D eigenvalue weighted by molar-refractivity contribution is 6.01. The summed E-state index contributed by atoms with van der Waals surface area (Å²) in [6, 6.07) is 13.7. The molecular weight excluding hydrogens is 308 g/mol. The van der Waals surface area contributed by atoms with Crippen LogP contribution in [0.3, 0.4) is 0 Å². The van der Waals surface area contributed by atoms with Crippen LogP contribution < -0.4 is 14.9 Å². The second-order valence-electron chi connectivity index (χ2n) is 4.93. The number of benzene rings is 2. The molecule has 0 unspecified atom stereocenters. The van der Waals surface area contributed by atoms with E-state index in [1.807, 2.05) is 13.0 Å². The summed E-state index contributed by atoms with van der Waals surface area (Å²) in [6.07, 6.45) is 0.637. The topological polar surface area (TPSA) is 80.2 Å². The van der Waals surface area contributed by atoms with Crippen LogP contribution >= 0.6 is 0 Å². The molecule has 0 spiro atoms. The number of phenols is 1. The molecule has 0 atom stereocenters. The van der Waals surface area contributed by atoms with Gasteiger partial charge in [-0.25, -0.2) is 5.43 Å². The number of hydrogen-bond acceptors (Lipinski definition) is 5. The van der Waals surface area contributed by atoms with E-state index in [1.54, 1.807) is 42.5 Å². The summed E-state index contributed by atoms with van der Waals surface area (Å²) >= 11 is 0. The van der Waals surface area contributed by atoms with E-state index in [4.69, 9.17) is 9.47 Å². The Hall–Kier alpha value is -3.02. The monoisotopic (exact) mass is 328 g/mol. The molecule has 0 aromatic heterocycles. The first-order chi connectivity index (χ1) is 11.6. The summed E-state index contributed by atoms with van der Waals surface area (Å²) in [5, 5.41) is 13.4. The van der Waals surface area contributed by atoms with Crippen LogP contribution in [0.15, 0.2) is 53.6 Å². The van der Waals surface area contributed by atoms with Gasteiger partial charge in [0.25, 0.3) is 5.91 Å². The molecule has 24 heavy (non-hydrogen) atoms. The molecule has 0 saturated heterocycles. The predicted octanol–water partition coefficient (Wildman–Crippen LogP) is 2.71. The van der Waals surface area contributed by atoms with E-state index >= 15 is 0 Å². The number of ether oxygens (including phenoxy) is 2. The van der Waals surface area contributed by atoms with Gasteiger partial charge in [0.15, 0.2) is 18.1 Å². The Kier molecular flexibility index (Phi) is 6.19. The first-order valence-corrected chi connectivity index (χ1v) is 7.54. The fraction of sp³-hybridized carbons (Fsp3) is 0.222. The Morgan fingerprint density at radius 2 is 1.79 bits per heavy atom. The lowest BCUT2D eigenvalue weighted by molar-refractivity contribution is -0.123. The standard InChI is InChI=1S/C18H20N2O4/c1-3-15(13-8-10-14(21)11-9-13)19-20-18(22)12-24-17-7-5-4-6-16(17)23-2/h4-11,21H,3,12H2,1-2H3,(H,20,22)/b19-15+. The van der Waals surface area contributed by atoms with Crippen LogP contribution in [0, 0.1) is 0 Å². The number of methoxy groups -OCH3 is 1. The highest BCUT2D eigenvalue weighted by atomic mass is 16.5. The number of para-hydroxylation sites is 2. The second-order valence-corrected chi connectivity index (χ2v) is 4.93. The maximum atomic E-state index is 11.9. The van der Waals surface area contributed by atoms with Crippen molar-refractivity contribution >= 4 is 11.6 Å². The zero-order valence-corrected chi connectivity index (χ0v) is 13.7. The maximum Gasteiger partial charge on any atom is 0.277 e. The molecule has 0 bridgehead atoms. The Balaban J connectivity index is 1.94. The van der Waals surface area contributed by atoms with Crippen LogP contribution in [0.4, 0.5) is 0 Å². The molecule has 0 saturated carbocycles. The fourth-order valence-electron chi connectivity index (χ4n) is 2.04. The number of carbonyl (C=O) groups is 1. The van der Waals surface area contributed by atoms with Gasteiger partial charge in [0, 0.05) is 0 Å². The predicted molar refractivity (Wildman–Crippen MR) is 91.6 cm³/mol. The molecule has 0 aliphatic heterocycles. The average Bonchev–Trinajstić information content (AvgIpc) is 2.62. The van der Waals surface area contributed by atoms with Crippen LogP contribution in [-0.2, 0) is 4.79 Å². The van der Waals surface area contributed by atoms with Crippen molar-refractivity contribution in [2.45, 2.75) is 13.3 Å². The number of hydrazone groups is 1. The molecule has 126 valence electrons. The van der Waals surface area contributed by atoms with Crippen molar-refractivity contribution < 1.29 is 19.4 Å². The van der Waals surface area contributed by atoms with Gasteiger partial charge in [-0.3, -0.25) is 4.79 Å². The van der Waals surface area contributed by atoms with E-state index in [0.29, 0.717) is 23.6 Å². The Morgan fingerprint density at radius 1 is 1.12 bits per heavy atom. The highest BCUT2D eigenvalue weighted by Crippen LogP contribution is 2.25. The molecule has 0 radical (unpaired) electrons. The van der Waals surface area contributed by atoms with Gasteiger partial charge < -0.3 is 14.6 Å². The molecule has 2 aromatic carbocycles. The van der Waals surface area contributed by atoms with Crippen LogP contribution in [0.1, 0.15) is 18.9 Å². The van der Waals surface area contributed by atoms with Gasteiger partial charge in [-0.1, -0.05) is 19.1 Å². The van der Waals surface area contributed by atoms with Crippen molar-refractivity contribution in [2.24, 2.45) is 5.10 Å². The quantitative estimate of drug-likeness (QED) is 0.605. The third-order valence-corrected chi connectivity index (χ3v) is 3.28. The summed E-state index contributed by atoms with van der Waals surface area (Å²) < 4.78 is 10.6. The zero-order valence-electron chi connectivity index (χ0n) is 13.7. The van der Waals surface area contributed by atoms with Crippen molar-refractivity contribution in [3.05, 3.63) is 54.1 Å². The normalized spacial score (nSPS) is 11.0. The van der Waals surface area contributed by atoms with Crippen molar-refractivity contribution in [3.63, 3.8) is 0 Å². The van der Waals surface area contributed by atoms with Crippen molar-refractivity contribution in [1.29, 1.82) is 0 Å². The van der Waals surface area contributed by atoms with Gasteiger partial charge in [-0.15, -0.1) is 0 Å². The molecule has 0 fully saturated rings. The van der Waals surface area contributed by atoms with Gasteiger partial charge in [0.2, 0.25) is 0 Å². The van der Waals surface area contributed by atoms with E-state index in [-0.39, 0.29) is 18.3 Å². The van der Waals surface area contributed by atoms with Crippen LogP contribution in [0.2, 0.25) is 0 Å². The largest absolute Gasteiger partial charge is 0.508 e. The van der Waals surface area contributed by atoms with Gasteiger partial charge in [0.05, 0.1) is 12.8 Å². The summed E-state index contributed by atoms with van der Waals surface area (Å²) in [7, 11) is 1.54. The molecule has 6 heteroatoms. The fourth-order valence-corrected chi connectivity index (χ4v) is 2.04. The average molecular weight is 328 g/mol. The molecule has 2 aromatic rings. The Labute approximate surface area is 140 Å². The minimum absolute atomic E-state index is 0.170. The number of aromatic hydroxyl groups is 1. The second kappa shape index (κ2) is 8.57. The van der Waals surface area contributed by atoms with Crippen LogP contribution in [0.25, 0.3) is 0 Å². The summed E-state index contributed by atoms with van der Waals surface area (Å²) in [6.45, 7) is 1.76. The number of rotatable bonds is 7. The van der Waals surface area contributed by atoms with Gasteiger partial charge in [-0.2, -0.15) is 5.10 Å². The van der Waals surface area contributed by atoms with Crippen LogP contribution in [-0.4, -0.2) is 30.4 Å². The molecule has 6 nitrogen and oxygen atoms in total. The zero-order chi connectivity index (χ0) is 17.4. The highest BCUT2D eigenvalue weighted by Gasteiger charge is 2.07. The Morgan fingerprint density at radius 3 is 2.42 bits per heavy atom. The van der Waals surface area contributed by atoms with E-state index in [0.717, 1.165) is 5.56 Å². The molecule has 0 heterocycles. The SMILES string of the molecule is CC/C(=N\NC(=O)COc1ccccc1OC)c1ccc(O)cc1. The van der Waals surface area contributed by atoms with E-state index < -0.39 is 0 Å². The van der Waals surface area contributed by atoms with Crippen LogP contribution in [0.5, 0.6) is 17.2 Å². The maximum absolute atomic E-state index is 11.9. The number of nitrogens with zero attached hydrogens (tertiary/aromatic N) is 1. The third kappa shape index (κ3) is 4.74. The third-order valence-electron chi connectivity index (χ3n) is 3.28. The Bertz CT molecular complexity index is 711. The number of nitrogens with one attached hydrogen (secondary N) is 1. The molecule has 1 amide bonds. The lowest BCUT2D eigenvalue weighted by Crippen LogP contribution is -2.26. The van der Waals surface area contributed by atoms with E-state index in [2.05, 4.69) is 10.5 Å². The van der Waals surface area contributed by atoms with Crippen molar-refractivity contribution in [1.82, 2.24) is 5.43 Å². The van der Waals surface area contributed by atoms with E-state index in [1.165, 1.54) is 7.11 Å². The lowest BCUT2D eigenvalue weighted by Gasteiger charge is -2.10.